The predicted molar refractivity (Wildman–Crippen MR) is 67.1 cm³/mol. The molecule has 1 fully saturated rings. The third kappa shape index (κ3) is 3.17. The van der Waals surface area contributed by atoms with Gasteiger partial charge < -0.3 is 15.4 Å². The van der Waals surface area contributed by atoms with Crippen LogP contribution in [0.4, 0.5) is 5.13 Å². The van der Waals surface area contributed by atoms with E-state index >= 15 is 0 Å². The van der Waals surface area contributed by atoms with Gasteiger partial charge in [0.2, 0.25) is 0 Å². The maximum absolute atomic E-state index is 5.48. The Kier molecular flexibility index (Phi) is 4.56. The Bertz CT molecular complexity index is 310. The molecule has 0 radical (unpaired) electrons. The third-order valence-corrected chi connectivity index (χ3v) is 3.82. The molecule has 90 valence electrons. The minimum Gasteiger partial charge on any atom is -0.378 e. The van der Waals surface area contributed by atoms with Crippen molar-refractivity contribution in [2.45, 2.75) is 19.3 Å². The van der Waals surface area contributed by atoms with Gasteiger partial charge in [-0.2, -0.15) is 0 Å². The number of morpholine rings is 1. The van der Waals surface area contributed by atoms with Gasteiger partial charge in [0.05, 0.1) is 13.2 Å². The van der Waals surface area contributed by atoms with Gasteiger partial charge in [0, 0.05) is 24.2 Å². The zero-order valence-electron chi connectivity index (χ0n) is 9.52. The van der Waals surface area contributed by atoms with Crippen molar-refractivity contribution in [3.05, 3.63) is 11.1 Å². The van der Waals surface area contributed by atoms with Gasteiger partial charge in [0.15, 0.2) is 5.13 Å². The molecular weight excluding hydrogens is 222 g/mol. The molecule has 0 aliphatic carbocycles. The van der Waals surface area contributed by atoms with Gasteiger partial charge in [-0.25, -0.2) is 4.98 Å². The van der Waals surface area contributed by atoms with Gasteiger partial charge in [-0.1, -0.05) is 0 Å². The van der Waals surface area contributed by atoms with E-state index in [1.807, 2.05) is 17.5 Å². The predicted octanol–water partition coefficient (Wildman–Crippen LogP) is 1.26. The number of nitrogens with two attached hydrogens (primary N) is 1. The summed E-state index contributed by atoms with van der Waals surface area (Å²) in [7, 11) is 0. The minimum absolute atomic E-state index is 0.787. The Morgan fingerprint density at radius 2 is 2.19 bits per heavy atom. The van der Waals surface area contributed by atoms with Crippen LogP contribution in [0.25, 0.3) is 0 Å². The summed E-state index contributed by atoms with van der Waals surface area (Å²) in [6, 6.07) is 0. The van der Waals surface area contributed by atoms with E-state index in [0.717, 1.165) is 50.8 Å². The molecule has 1 aromatic rings. The summed E-state index contributed by atoms with van der Waals surface area (Å²) < 4.78 is 5.33. The zero-order valence-corrected chi connectivity index (χ0v) is 10.3. The van der Waals surface area contributed by atoms with Crippen LogP contribution in [-0.4, -0.2) is 37.8 Å². The lowest BCUT2D eigenvalue weighted by Gasteiger charge is -2.25. The fourth-order valence-corrected chi connectivity index (χ4v) is 2.76. The number of aryl methyl sites for hydroxylation is 1. The van der Waals surface area contributed by atoms with Crippen LogP contribution >= 0.6 is 11.3 Å². The van der Waals surface area contributed by atoms with E-state index in [2.05, 4.69) is 9.88 Å². The van der Waals surface area contributed by atoms with Crippen LogP contribution in [-0.2, 0) is 11.2 Å². The van der Waals surface area contributed by atoms with Crippen molar-refractivity contribution in [2.24, 2.45) is 5.73 Å². The number of anilines is 1. The second kappa shape index (κ2) is 6.18. The maximum Gasteiger partial charge on any atom is 0.185 e. The van der Waals surface area contributed by atoms with Crippen LogP contribution in [0.15, 0.2) is 6.20 Å². The molecule has 0 unspecified atom stereocenters. The van der Waals surface area contributed by atoms with E-state index < -0.39 is 0 Å². The third-order valence-electron chi connectivity index (χ3n) is 2.70. The van der Waals surface area contributed by atoms with Crippen LogP contribution in [0.5, 0.6) is 0 Å². The van der Waals surface area contributed by atoms with Crippen LogP contribution in [0.1, 0.15) is 17.7 Å². The topological polar surface area (TPSA) is 51.4 Å². The molecule has 0 amide bonds. The molecule has 5 heteroatoms. The van der Waals surface area contributed by atoms with E-state index in [4.69, 9.17) is 10.5 Å². The number of thiazole rings is 1. The van der Waals surface area contributed by atoms with Crippen molar-refractivity contribution in [2.75, 3.05) is 37.7 Å². The first-order chi connectivity index (χ1) is 7.90. The quantitative estimate of drug-likeness (QED) is 0.789. The number of ether oxygens (including phenoxy) is 1. The van der Waals surface area contributed by atoms with E-state index in [-0.39, 0.29) is 0 Å². The summed E-state index contributed by atoms with van der Waals surface area (Å²) in [5, 5.41) is 1.14. The van der Waals surface area contributed by atoms with E-state index in [1.54, 1.807) is 0 Å². The van der Waals surface area contributed by atoms with Crippen molar-refractivity contribution in [1.82, 2.24) is 4.98 Å². The Balaban J connectivity index is 1.85. The van der Waals surface area contributed by atoms with Crippen LogP contribution in [0, 0.1) is 0 Å². The molecule has 1 saturated heterocycles. The molecule has 2 rings (SSSR count). The molecule has 2 N–H and O–H groups in total. The average Bonchev–Trinajstić information content (AvgIpc) is 2.79. The Morgan fingerprint density at radius 3 is 2.94 bits per heavy atom. The van der Waals surface area contributed by atoms with Gasteiger partial charge in [0.1, 0.15) is 0 Å². The molecule has 0 atom stereocenters. The molecule has 0 bridgehead atoms. The molecular formula is C11H19N3OS. The summed E-state index contributed by atoms with van der Waals surface area (Å²) in [6.45, 7) is 4.37. The van der Waals surface area contributed by atoms with Gasteiger partial charge in [-0.3, -0.25) is 0 Å². The van der Waals surface area contributed by atoms with Crippen LogP contribution in [0.2, 0.25) is 0 Å². The highest BCUT2D eigenvalue weighted by Crippen LogP contribution is 2.24. The monoisotopic (exact) mass is 241 g/mol. The number of aromatic nitrogens is 1. The van der Waals surface area contributed by atoms with Gasteiger partial charge in [-0.05, 0) is 25.8 Å². The van der Waals surface area contributed by atoms with E-state index in [9.17, 15) is 0 Å². The summed E-state index contributed by atoms with van der Waals surface area (Å²) in [5.74, 6) is 0. The summed E-state index contributed by atoms with van der Waals surface area (Å²) >= 11 is 1.81. The highest BCUT2D eigenvalue weighted by atomic mass is 32.1. The van der Waals surface area contributed by atoms with Crippen molar-refractivity contribution in [1.29, 1.82) is 0 Å². The summed E-state index contributed by atoms with van der Waals surface area (Å²) in [5.41, 5.74) is 5.48. The lowest BCUT2D eigenvalue weighted by molar-refractivity contribution is 0.122. The molecule has 0 spiro atoms. The number of nitrogens with zero attached hydrogens (tertiary/aromatic N) is 2. The highest BCUT2D eigenvalue weighted by molar-refractivity contribution is 7.15. The van der Waals surface area contributed by atoms with Gasteiger partial charge in [-0.15, -0.1) is 11.3 Å². The molecule has 4 nitrogen and oxygen atoms in total. The fraction of sp³-hybridized carbons (Fsp3) is 0.727. The Labute approximate surface area is 100 Å². The number of hydrogen-bond donors (Lipinski definition) is 1. The van der Waals surface area contributed by atoms with Crippen molar-refractivity contribution >= 4 is 16.5 Å². The molecule has 16 heavy (non-hydrogen) atoms. The number of rotatable bonds is 5. The average molecular weight is 241 g/mol. The van der Waals surface area contributed by atoms with Crippen molar-refractivity contribution in [3.8, 4) is 0 Å². The minimum atomic E-state index is 0.787. The standard InChI is InChI=1S/C11H19N3OS/c12-4-2-1-3-10-9-13-11(16-10)14-5-7-15-8-6-14/h9H,1-8,12H2. The molecule has 1 aliphatic rings. The highest BCUT2D eigenvalue weighted by Gasteiger charge is 2.14. The second-order valence-corrected chi connectivity index (χ2v) is 5.05. The largest absolute Gasteiger partial charge is 0.378 e. The maximum atomic E-state index is 5.48. The first-order valence-electron chi connectivity index (χ1n) is 5.87. The normalized spacial score (nSPS) is 16.7. The fourth-order valence-electron chi connectivity index (χ4n) is 1.76. The first-order valence-corrected chi connectivity index (χ1v) is 6.69. The number of unbranched alkanes of at least 4 members (excludes halogenated alkanes) is 1. The van der Waals surface area contributed by atoms with E-state index in [0.29, 0.717) is 0 Å². The molecule has 0 aromatic carbocycles. The molecule has 1 aliphatic heterocycles. The van der Waals surface area contributed by atoms with Crippen molar-refractivity contribution < 1.29 is 4.74 Å². The van der Waals surface area contributed by atoms with Gasteiger partial charge in [0.25, 0.3) is 0 Å². The van der Waals surface area contributed by atoms with Crippen LogP contribution < -0.4 is 10.6 Å². The molecule has 1 aromatic heterocycles. The van der Waals surface area contributed by atoms with E-state index in [1.165, 1.54) is 11.3 Å². The first kappa shape index (κ1) is 11.8. The number of hydrogen-bond acceptors (Lipinski definition) is 5. The molecule has 0 saturated carbocycles. The zero-order chi connectivity index (χ0) is 11.2. The smallest absolute Gasteiger partial charge is 0.185 e. The molecule has 2 heterocycles. The lowest BCUT2D eigenvalue weighted by atomic mass is 10.2. The van der Waals surface area contributed by atoms with Crippen LogP contribution in [0.3, 0.4) is 0 Å². The van der Waals surface area contributed by atoms with Crippen molar-refractivity contribution in [3.63, 3.8) is 0 Å². The lowest BCUT2D eigenvalue weighted by Crippen LogP contribution is -2.36. The second-order valence-electron chi connectivity index (χ2n) is 3.95. The summed E-state index contributed by atoms with van der Waals surface area (Å²) in [4.78, 5) is 8.15. The Morgan fingerprint density at radius 1 is 1.38 bits per heavy atom. The summed E-state index contributed by atoms with van der Waals surface area (Å²) in [6.07, 6.45) is 5.39. The Hall–Kier alpha value is -0.650. The van der Waals surface area contributed by atoms with Gasteiger partial charge >= 0.3 is 0 Å². The SMILES string of the molecule is NCCCCc1cnc(N2CCOCC2)s1.